The molecule has 3 aromatic heterocycles. The molecule has 0 spiro atoms. The standard InChI is InChI=1S/C46H30BN5O/c1-29-26-27-41-34(28-29)32-16-5-11-23-40(32)52(41)46-49-44(48-45(50-46)51-38-21-9-3-14-30(38)31-15-4-10-22-39(31)51)33-17-2-6-18-35(33)47-36-19-7-12-24-42(36)53-43-25-13-8-20-37(43)47/h2-28H,1H3/i2D,3D,4D,5D,6D,7D,8D,9D,10D,11D,12D,13D,14D,15D,16D,17D,18D,19D,20D,21D,22D,23D,24D,25D,26D,27D,28D. The molecule has 1 aliphatic heterocycles. The Kier molecular flexibility index (Phi) is 2.94. The van der Waals surface area contributed by atoms with Crippen LogP contribution in [-0.4, -0.2) is 30.8 Å². The largest absolute Gasteiger partial charge is 0.458 e. The van der Waals surface area contributed by atoms with Gasteiger partial charge in [-0.15, -0.1) is 0 Å². The molecule has 4 heterocycles. The minimum atomic E-state index is -2.11. The van der Waals surface area contributed by atoms with Crippen LogP contribution in [0.1, 0.15) is 42.6 Å². The summed E-state index contributed by atoms with van der Waals surface area (Å²) >= 11 is 0. The number of hydrogen-bond acceptors (Lipinski definition) is 4. The van der Waals surface area contributed by atoms with Crippen molar-refractivity contribution in [2.24, 2.45) is 0 Å². The molecule has 0 N–H and O–H groups in total. The van der Waals surface area contributed by atoms with Gasteiger partial charge in [0.1, 0.15) is 11.5 Å². The maximum Gasteiger partial charge on any atom is 0.251 e. The van der Waals surface area contributed by atoms with Crippen molar-refractivity contribution in [1.29, 1.82) is 0 Å². The van der Waals surface area contributed by atoms with Crippen molar-refractivity contribution in [1.82, 2.24) is 24.1 Å². The van der Waals surface area contributed by atoms with Crippen LogP contribution in [0.2, 0.25) is 0 Å². The zero-order valence-electron chi connectivity index (χ0n) is 53.7. The molecule has 0 saturated heterocycles. The number of fused-ring (bicyclic) bond motifs is 8. The number of ether oxygens (including phenoxy) is 1. The predicted octanol–water partition coefficient (Wildman–Crippen LogP) is 8.66. The maximum absolute atomic E-state index is 9.69. The molecular weight excluding hydrogens is 649 g/mol. The fourth-order valence-corrected chi connectivity index (χ4v) is 6.53. The molecule has 53 heavy (non-hydrogen) atoms. The van der Waals surface area contributed by atoms with Gasteiger partial charge in [0.2, 0.25) is 11.9 Å². The van der Waals surface area contributed by atoms with Gasteiger partial charge < -0.3 is 4.74 Å². The fourth-order valence-electron chi connectivity index (χ4n) is 6.53. The van der Waals surface area contributed by atoms with E-state index in [0.717, 1.165) is 9.13 Å². The van der Waals surface area contributed by atoms with Gasteiger partial charge in [-0.25, -0.2) is 0 Å². The highest BCUT2D eigenvalue weighted by atomic mass is 16.5. The summed E-state index contributed by atoms with van der Waals surface area (Å²) in [6.45, 7) is -0.789. The number of benzene rings is 7. The van der Waals surface area contributed by atoms with E-state index in [1.165, 1.54) is 6.92 Å². The first-order valence-corrected chi connectivity index (χ1v) is 15.7. The van der Waals surface area contributed by atoms with E-state index in [9.17, 15) is 12.3 Å². The van der Waals surface area contributed by atoms with Gasteiger partial charge in [-0.1, -0.05) is 132 Å². The summed E-state index contributed by atoms with van der Waals surface area (Å²) in [4.78, 5) is 14.0. The summed E-state index contributed by atoms with van der Waals surface area (Å²) < 4.78 is 251. The molecule has 0 radical (unpaired) electrons. The van der Waals surface area contributed by atoms with E-state index < -0.39 is 259 Å². The zero-order chi connectivity index (χ0) is 58.5. The summed E-state index contributed by atoms with van der Waals surface area (Å²) in [6.07, 6.45) is 0. The van der Waals surface area contributed by atoms with Crippen LogP contribution in [0.25, 0.3) is 66.9 Å². The van der Waals surface area contributed by atoms with Crippen LogP contribution in [-0.2, 0) is 0 Å². The number of nitrogens with zero attached hydrogens (tertiary/aromatic N) is 5. The lowest BCUT2D eigenvalue weighted by Crippen LogP contribution is -2.55. The van der Waals surface area contributed by atoms with Crippen molar-refractivity contribution < 1.29 is 41.7 Å². The Bertz CT molecular complexity index is 4230. The first-order valence-electron chi connectivity index (χ1n) is 29.2. The SMILES string of the molecule is [2H]c1c([2H])c([2H])c2c(c1[2H])Oc1c([2H])c([2H])c([2H])c([2H])c1B2c1c([2H])c([2H])c([2H])c([2H])c1-c1nc(-n2c3c([2H])c([2H])c([2H])c([2H])c3c3c([2H])c([2H])c([2H])c([2H])c32)nc(-n2c3c([2H])c([2H])c([2H])c([2H])c3c3c([2H])c(C)c([2H])c([2H])c32)n1. The molecule has 248 valence electrons. The van der Waals surface area contributed by atoms with Crippen LogP contribution in [0, 0.1) is 6.92 Å². The monoisotopic (exact) mass is 706 g/mol. The number of hydrogen-bond donors (Lipinski definition) is 0. The van der Waals surface area contributed by atoms with Crippen LogP contribution in [0.5, 0.6) is 11.5 Å². The summed E-state index contributed by atoms with van der Waals surface area (Å²) in [5, 5.41) is -1.75. The van der Waals surface area contributed by atoms with Gasteiger partial charge in [-0.2, -0.15) is 15.0 Å². The van der Waals surface area contributed by atoms with E-state index in [0.29, 0.717) is 0 Å². The highest BCUT2D eigenvalue weighted by Gasteiger charge is 2.34. The first-order chi connectivity index (χ1) is 37.4. The van der Waals surface area contributed by atoms with Gasteiger partial charge in [0.25, 0.3) is 6.71 Å². The average molecular weight is 707 g/mol. The molecule has 0 unspecified atom stereocenters. The van der Waals surface area contributed by atoms with Gasteiger partial charge in [0, 0.05) is 27.1 Å². The van der Waals surface area contributed by atoms with Gasteiger partial charge >= 0.3 is 0 Å². The van der Waals surface area contributed by atoms with Crippen molar-refractivity contribution in [3.8, 4) is 34.8 Å². The Morgan fingerprint density at radius 1 is 0.472 bits per heavy atom. The van der Waals surface area contributed by atoms with Gasteiger partial charge in [0.05, 0.1) is 59.1 Å². The molecule has 0 bridgehead atoms. The molecule has 0 saturated carbocycles. The van der Waals surface area contributed by atoms with E-state index >= 15 is 0 Å². The third kappa shape index (κ3) is 4.50. The van der Waals surface area contributed by atoms with Crippen LogP contribution in [0.4, 0.5) is 0 Å². The first kappa shape index (κ1) is 13.5. The van der Waals surface area contributed by atoms with Gasteiger partial charge in [-0.05, 0) is 60.1 Å². The number of rotatable bonds is 4. The van der Waals surface area contributed by atoms with Crippen LogP contribution >= 0.6 is 0 Å². The smallest absolute Gasteiger partial charge is 0.251 e. The van der Waals surface area contributed by atoms with Crippen molar-refractivity contribution in [3.63, 3.8) is 0 Å². The lowest BCUT2D eigenvalue weighted by molar-refractivity contribution is 0.487. The quantitative estimate of drug-likeness (QED) is 0.172. The van der Waals surface area contributed by atoms with E-state index in [2.05, 4.69) is 15.0 Å². The normalized spacial score (nSPS) is 19.5. The Morgan fingerprint density at radius 3 is 1.51 bits per heavy atom. The van der Waals surface area contributed by atoms with Crippen LogP contribution < -0.4 is 21.1 Å². The molecule has 10 aromatic rings. The van der Waals surface area contributed by atoms with Crippen LogP contribution in [0.15, 0.2) is 163 Å². The maximum atomic E-state index is 9.69. The second-order valence-electron chi connectivity index (χ2n) is 11.6. The Morgan fingerprint density at radius 2 is 0.925 bits per heavy atom. The summed E-state index contributed by atoms with van der Waals surface area (Å²) in [5.74, 6) is -4.21. The molecule has 0 amide bonds. The molecule has 1 aliphatic rings. The minimum Gasteiger partial charge on any atom is -0.458 e. The molecule has 0 fully saturated rings. The third-order valence-electron chi connectivity index (χ3n) is 8.70. The van der Waals surface area contributed by atoms with Crippen molar-refractivity contribution >= 4 is 66.7 Å². The topological polar surface area (TPSA) is 57.8 Å². The Balaban J connectivity index is 1.44. The highest BCUT2D eigenvalue weighted by molar-refractivity contribution is 6.97. The fraction of sp³-hybridized carbons (Fsp3) is 0.0217. The molecule has 6 nitrogen and oxygen atoms in total. The molecule has 0 aliphatic carbocycles. The molecule has 0 atom stereocenters. The third-order valence-corrected chi connectivity index (χ3v) is 8.70. The molecule has 11 rings (SSSR count). The van der Waals surface area contributed by atoms with Crippen LogP contribution in [0.3, 0.4) is 0 Å². The van der Waals surface area contributed by atoms with E-state index in [4.69, 9.17) is 29.4 Å². The summed E-state index contributed by atoms with van der Waals surface area (Å²) in [5.41, 5.74) is -5.23. The second-order valence-corrected chi connectivity index (χ2v) is 11.6. The van der Waals surface area contributed by atoms with Crippen molar-refractivity contribution in [2.75, 3.05) is 0 Å². The average Bonchev–Trinajstić information content (AvgIpc) is 4.21. The van der Waals surface area contributed by atoms with Gasteiger partial charge in [0.15, 0.2) is 5.82 Å². The molecule has 7 aromatic carbocycles. The molecule has 7 heteroatoms. The highest BCUT2D eigenvalue weighted by Crippen LogP contribution is 2.35. The van der Waals surface area contributed by atoms with E-state index in [1.54, 1.807) is 0 Å². The van der Waals surface area contributed by atoms with E-state index in [1.807, 2.05) is 0 Å². The lowest BCUT2D eigenvalue weighted by atomic mass is 9.35. The minimum absolute atomic E-state index is 0.113. The Hall–Kier alpha value is -6.99. The molecular formula is C46H30BN5O. The number of aromatic nitrogens is 5. The summed E-state index contributed by atoms with van der Waals surface area (Å²) in [7, 11) is 0. The lowest BCUT2D eigenvalue weighted by Gasteiger charge is -2.27. The zero-order valence-corrected chi connectivity index (χ0v) is 26.7. The predicted molar refractivity (Wildman–Crippen MR) is 216 cm³/mol. The van der Waals surface area contributed by atoms with Crippen molar-refractivity contribution in [2.45, 2.75) is 6.92 Å². The Labute approximate surface area is 343 Å². The number of para-hydroxylation sites is 5. The van der Waals surface area contributed by atoms with Crippen molar-refractivity contribution in [3.05, 3.63) is 169 Å². The van der Waals surface area contributed by atoms with E-state index in [-0.39, 0.29) is 10.9 Å². The van der Waals surface area contributed by atoms with Gasteiger partial charge in [-0.3, -0.25) is 9.13 Å². The second kappa shape index (κ2) is 11.5. The summed E-state index contributed by atoms with van der Waals surface area (Å²) in [6, 6.07) is -23.2.